The third-order valence-electron chi connectivity index (χ3n) is 11.0. The first kappa shape index (κ1) is 40.4. The first-order chi connectivity index (χ1) is 27.5. The lowest BCUT2D eigenvalue weighted by Gasteiger charge is -2.29. The predicted molar refractivity (Wildman–Crippen MR) is 211 cm³/mol. The van der Waals surface area contributed by atoms with E-state index in [1.54, 1.807) is 11.6 Å². The number of aryl methyl sites for hydroxylation is 1. The number of hydrogen-bond acceptors (Lipinski definition) is 13. The third kappa shape index (κ3) is 9.85. The van der Waals surface area contributed by atoms with Gasteiger partial charge in [-0.05, 0) is 76.7 Å². The molecule has 1 atom stereocenters. The Bertz CT molecular complexity index is 2020. The van der Waals surface area contributed by atoms with Crippen LogP contribution < -0.4 is 31.9 Å². The minimum absolute atomic E-state index is 0.0453. The molecule has 3 fully saturated rings. The number of piperidine rings is 1. The number of aromatic nitrogens is 4. The van der Waals surface area contributed by atoms with Gasteiger partial charge in [0.25, 0.3) is 11.8 Å². The van der Waals surface area contributed by atoms with Crippen molar-refractivity contribution in [3.05, 3.63) is 44.5 Å². The minimum Gasteiger partial charge on any atom is -0.355 e. The van der Waals surface area contributed by atoms with Crippen LogP contribution in [0.25, 0.3) is 11.3 Å². The van der Waals surface area contributed by atoms with E-state index < -0.39 is 29.7 Å². The lowest BCUT2D eigenvalue weighted by Crippen LogP contribution is -2.54. The molecule has 3 aromatic heterocycles. The predicted octanol–water partition coefficient (Wildman–Crippen LogP) is 2.06. The van der Waals surface area contributed by atoms with E-state index >= 15 is 0 Å². The van der Waals surface area contributed by atoms with Crippen LogP contribution in [0.15, 0.2) is 17.8 Å². The van der Waals surface area contributed by atoms with Gasteiger partial charge >= 0.3 is 0 Å². The van der Waals surface area contributed by atoms with Crippen molar-refractivity contribution in [1.29, 1.82) is 0 Å². The van der Waals surface area contributed by atoms with Gasteiger partial charge in [-0.1, -0.05) is 11.6 Å². The molecule has 0 spiro atoms. The zero-order chi connectivity index (χ0) is 40.1. The topological polar surface area (TPSA) is 221 Å². The number of unbranched alkanes of at least 4 members (excludes halogenated alkanes) is 1. The number of amides is 6. The molecule has 6 amide bonds. The van der Waals surface area contributed by atoms with Crippen LogP contribution in [0.2, 0.25) is 5.02 Å². The Kier molecular flexibility index (Phi) is 12.9. The summed E-state index contributed by atoms with van der Waals surface area (Å²) in [7, 11) is 1.96. The number of thiophene rings is 1. The summed E-state index contributed by atoms with van der Waals surface area (Å²) in [4.78, 5) is 85.5. The highest BCUT2D eigenvalue weighted by atomic mass is 35.5. The van der Waals surface area contributed by atoms with Gasteiger partial charge in [-0.2, -0.15) is 5.10 Å². The highest BCUT2D eigenvalue weighted by molar-refractivity contribution is 7.10. The molecule has 2 saturated carbocycles. The lowest BCUT2D eigenvalue weighted by molar-refractivity contribution is -0.136. The summed E-state index contributed by atoms with van der Waals surface area (Å²) >= 11 is 7.74. The molecule has 2 aliphatic carbocycles. The number of anilines is 1. The highest BCUT2D eigenvalue weighted by Crippen LogP contribution is 2.37. The molecular formula is C38H48ClN11O6S. The summed E-state index contributed by atoms with van der Waals surface area (Å²) in [5, 5.41) is 24.4. The maximum atomic E-state index is 13.1. The summed E-state index contributed by atoms with van der Waals surface area (Å²) in [5.41, 5.74) is 3.22. The van der Waals surface area contributed by atoms with Crippen LogP contribution in [-0.4, -0.2) is 104 Å². The molecule has 0 radical (unpaired) electrons. The second-order valence-corrected chi connectivity index (χ2v) is 16.5. The summed E-state index contributed by atoms with van der Waals surface area (Å²) < 4.78 is 1.92. The molecule has 57 heavy (non-hydrogen) atoms. The minimum atomic E-state index is -1.03. The number of rotatable bonds is 18. The van der Waals surface area contributed by atoms with Gasteiger partial charge in [0.15, 0.2) is 0 Å². The molecule has 7 rings (SSSR count). The van der Waals surface area contributed by atoms with E-state index in [4.69, 9.17) is 16.6 Å². The molecule has 1 saturated heterocycles. The number of carbonyl (C=O) groups excluding carboxylic acids is 6. The van der Waals surface area contributed by atoms with Gasteiger partial charge in [-0.15, -0.1) is 11.3 Å². The van der Waals surface area contributed by atoms with E-state index in [0.717, 1.165) is 61.1 Å². The van der Waals surface area contributed by atoms with Gasteiger partial charge in [-0.25, -0.2) is 9.97 Å². The van der Waals surface area contributed by atoms with Gasteiger partial charge in [0.05, 0.1) is 53.9 Å². The van der Waals surface area contributed by atoms with E-state index in [-0.39, 0.29) is 67.5 Å². The maximum Gasteiger partial charge on any atom is 0.263 e. The van der Waals surface area contributed by atoms with Crippen molar-refractivity contribution in [1.82, 2.24) is 51.2 Å². The highest BCUT2D eigenvalue weighted by Gasteiger charge is 2.46. The Hall–Kier alpha value is -4.78. The molecule has 4 aliphatic rings. The SMILES string of the molecule is Cn1ncc(-c2nc(NC3CCC(NCC(=O)NCCCCNCC(=O)NCc4scc5c4C(=O)N(C4CCC(=O)NC4=O)C5=O)CC3)ncc2Cl)c1CC1CC1. The van der Waals surface area contributed by atoms with Crippen LogP contribution in [0, 0.1) is 5.92 Å². The number of nitrogens with zero attached hydrogens (tertiary/aromatic N) is 5. The van der Waals surface area contributed by atoms with E-state index in [1.165, 1.54) is 24.2 Å². The molecule has 17 nitrogen and oxygen atoms in total. The number of fused-ring (bicyclic) bond motifs is 1. The Balaban J connectivity index is 0.732. The van der Waals surface area contributed by atoms with Crippen molar-refractivity contribution in [3.63, 3.8) is 0 Å². The van der Waals surface area contributed by atoms with Gasteiger partial charge in [0.2, 0.25) is 29.6 Å². The van der Waals surface area contributed by atoms with Crippen molar-refractivity contribution in [2.75, 3.05) is 31.5 Å². The maximum absolute atomic E-state index is 13.1. The fourth-order valence-corrected chi connectivity index (χ4v) is 8.71. The summed E-state index contributed by atoms with van der Waals surface area (Å²) in [6.07, 6.45) is 12.3. The van der Waals surface area contributed by atoms with Crippen LogP contribution in [0.5, 0.6) is 0 Å². The zero-order valence-electron chi connectivity index (χ0n) is 31.8. The molecular weight excluding hydrogens is 774 g/mol. The number of imide groups is 2. The molecule has 5 heterocycles. The van der Waals surface area contributed by atoms with Gasteiger partial charge in [-0.3, -0.25) is 43.7 Å². The largest absolute Gasteiger partial charge is 0.355 e. The Morgan fingerprint density at radius 2 is 1.67 bits per heavy atom. The normalized spacial score (nSPS) is 20.7. The molecule has 19 heteroatoms. The van der Waals surface area contributed by atoms with E-state index in [1.807, 2.05) is 17.9 Å². The molecule has 2 aliphatic heterocycles. The first-order valence-electron chi connectivity index (χ1n) is 19.7. The van der Waals surface area contributed by atoms with E-state index in [2.05, 4.69) is 42.0 Å². The van der Waals surface area contributed by atoms with Gasteiger partial charge in [0, 0.05) is 53.6 Å². The molecule has 0 bridgehead atoms. The average Bonchev–Trinajstić information content (AvgIpc) is 3.72. The van der Waals surface area contributed by atoms with Crippen LogP contribution in [0.3, 0.4) is 0 Å². The fraction of sp³-hybridized carbons (Fsp3) is 0.553. The number of halogens is 1. The van der Waals surface area contributed by atoms with E-state index in [0.29, 0.717) is 40.5 Å². The van der Waals surface area contributed by atoms with Gasteiger partial charge in [0.1, 0.15) is 6.04 Å². The third-order valence-corrected chi connectivity index (χ3v) is 12.2. The number of carbonyl (C=O) groups is 6. The number of hydrogen-bond donors (Lipinski definition) is 6. The molecule has 0 aromatic carbocycles. The quantitative estimate of drug-likeness (QED) is 0.0803. The second-order valence-electron chi connectivity index (χ2n) is 15.1. The van der Waals surface area contributed by atoms with Crippen LogP contribution >= 0.6 is 22.9 Å². The lowest BCUT2D eigenvalue weighted by atomic mass is 9.91. The monoisotopic (exact) mass is 821 g/mol. The molecule has 1 unspecified atom stereocenters. The van der Waals surface area contributed by atoms with Crippen LogP contribution in [0.1, 0.15) is 95.5 Å². The molecule has 3 aromatic rings. The van der Waals surface area contributed by atoms with Crippen LogP contribution in [-0.2, 0) is 39.2 Å². The smallest absolute Gasteiger partial charge is 0.263 e. The van der Waals surface area contributed by atoms with Crippen molar-refractivity contribution in [2.24, 2.45) is 13.0 Å². The summed E-state index contributed by atoms with van der Waals surface area (Å²) in [5.74, 6) is -1.32. The summed E-state index contributed by atoms with van der Waals surface area (Å²) in [6, 6.07) is -0.556. The van der Waals surface area contributed by atoms with Gasteiger partial charge < -0.3 is 26.6 Å². The second kappa shape index (κ2) is 18.2. The number of nitrogens with one attached hydrogen (secondary N) is 6. The fourth-order valence-electron chi connectivity index (χ4n) is 7.57. The van der Waals surface area contributed by atoms with Crippen molar-refractivity contribution < 1.29 is 28.8 Å². The van der Waals surface area contributed by atoms with Crippen LogP contribution in [0.4, 0.5) is 5.95 Å². The van der Waals surface area contributed by atoms with Crippen molar-refractivity contribution in [3.8, 4) is 11.3 Å². The van der Waals surface area contributed by atoms with Crippen molar-refractivity contribution >= 4 is 64.3 Å². The summed E-state index contributed by atoms with van der Waals surface area (Å²) in [6.45, 7) is 1.49. The average molecular weight is 822 g/mol. The Labute approximate surface area is 338 Å². The first-order valence-corrected chi connectivity index (χ1v) is 20.9. The van der Waals surface area contributed by atoms with Crippen molar-refractivity contribution in [2.45, 2.75) is 95.3 Å². The zero-order valence-corrected chi connectivity index (χ0v) is 33.4. The molecule has 6 N–H and O–H groups in total. The Morgan fingerprint density at radius 1 is 0.912 bits per heavy atom. The Morgan fingerprint density at radius 3 is 2.44 bits per heavy atom. The molecule has 304 valence electrons. The standard InChI is InChI=1S/C38H48ClN11O6S/c1-49-28(14-21-4-5-21)24(15-45-49)34-26(39)16-44-38(48-34)46-23-8-6-22(7-9-23)42-19-32(53)41-13-3-2-12-40-18-31(52)43-17-29-33-25(20-57-29)36(55)50(37(33)56)27-10-11-30(51)47-35(27)54/h15-16,20-23,27,40,42H,2-14,17-19H2,1H3,(H,41,53)(H,43,52)(H,44,46,48)(H,47,51,54). The van der Waals surface area contributed by atoms with E-state index in [9.17, 15) is 28.8 Å².